The largest absolute Gasteiger partial charge is 0.388 e. The van der Waals surface area contributed by atoms with Crippen LogP contribution in [0.3, 0.4) is 0 Å². The molecule has 0 unspecified atom stereocenters. The second-order valence-electron chi connectivity index (χ2n) is 1.32. The molecular formula is C5H6N2NaO. The van der Waals surface area contributed by atoms with E-state index in [1.54, 1.807) is 18.5 Å². The van der Waals surface area contributed by atoms with E-state index in [0.717, 1.165) is 0 Å². The van der Waals surface area contributed by atoms with Gasteiger partial charge in [0, 0.05) is 42.0 Å². The van der Waals surface area contributed by atoms with Crippen LogP contribution in [0.1, 0.15) is 5.82 Å². The van der Waals surface area contributed by atoms with E-state index in [0.29, 0.717) is 5.82 Å². The Morgan fingerprint density at radius 3 is 2.22 bits per heavy atom. The summed E-state index contributed by atoms with van der Waals surface area (Å²) in [5.41, 5.74) is 0. The van der Waals surface area contributed by atoms with E-state index in [2.05, 4.69) is 9.97 Å². The normalized spacial score (nSPS) is 8.11. The number of aliphatic hydroxyl groups excluding tert-OH is 1. The van der Waals surface area contributed by atoms with E-state index in [1.807, 2.05) is 0 Å². The molecule has 1 radical (unpaired) electrons. The molecule has 1 N–H and O–H groups in total. The van der Waals surface area contributed by atoms with Gasteiger partial charge in [0.1, 0.15) is 6.61 Å². The molecule has 1 aromatic heterocycles. The Kier molecular flexibility index (Phi) is 4.90. The Morgan fingerprint density at radius 1 is 1.33 bits per heavy atom. The van der Waals surface area contributed by atoms with E-state index in [9.17, 15) is 0 Å². The average molecular weight is 133 g/mol. The van der Waals surface area contributed by atoms with Gasteiger partial charge in [-0.25, -0.2) is 9.97 Å². The summed E-state index contributed by atoms with van der Waals surface area (Å²) in [6.07, 6.45) is 3.19. The molecule has 0 aromatic carbocycles. The first-order chi connectivity index (χ1) is 3.93. The summed E-state index contributed by atoms with van der Waals surface area (Å²) >= 11 is 0. The van der Waals surface area contributed by atoms with Crippen molar-refractivity contribution < 1.29 is 5.11 Å². The zero-order valence-electron chi connectivity index (χ0n) is 5.28. The molecule has 4 heteroatoms. The molecule has 0 spiro atoms. The fourth-order valence-electron chi connectivity index (χ4n) is 0.412. The van der Waals surface area contributed by atoms with Crippen molar-refractivity contribution in [3.05, 3.63) is 24.3 Å². The number of aromatic nitrogens is 2. The molecule has 43 valence electrons. The molecule has 3 nitrogen and oxygen atoms in total. The predicted molar refractivity (Wildman–Crippen MR) is 33.7 cm³/mol. The summed E-state index contributed by atoms with van der Waals surface area (Å²) in [4.78, 5) is 7.47. The summed E-state index contributed by atoms with van der Waals surface area (Å²) in [7, 11) is 0. The molecule has 0 atom stereocenters. The molecule has 0 saturated carbocycles. The van der Waals surface area contributed by atoms with E-state index in [-0.39, 0.29) is 36.2 Å². The predicted octanol–water partition coefficient (Wildman–Crippen LogP) is -0.412. The van der Waals surface area contributed by atoms with Crippen LogP contribution in [-0.4, -0.2) is 44.6 Å². The Bertz CT molecular complexity index is 156. The van der Waals surface area contributed by atoms with Crippen LogP contribution in [0.25, 0.3) is 0 Å². The molecule has 0 saturated heterocycles. The maximum Gasteiger partial charge on any atom is 0.153 e. The van der Waals surface area contributed by atoms with Crippen molar-refractivity contribution >= 4 is 29.6 Å². The monoisotopic (exact) mass is 133 g/mol. The fraction of sp³-hybridized carbons (Fsp3) is 0.200. The molecule has 9 heavy (non-hydrogen) atoms. The SMILES string of the molecule is OCc1ncccn1.[Na]. The molecule has 0 aliphatic heterocycles. The Labute approximate surface area is 75.4 Å². The maximum absolute atomic E-state index is 8.41. The summed E-state index contributed by atoms with van der Waals surface area (Å²) in [5.74, 6) is 0.465. The second kappa shape index (κ2) is 4.88. The van der Waals surface area contributed by atoms with Crippen molar-refractivity contribution in [2.24, 2.45) is 0 Å². The number of rotatable bonds is 1. The van der Waals surface area contributed by atoms with Gasteiger partial charge in [-0.15, -0.1) is 0 Å². The fourth-order valence-corrected chi connectivity index (χ4v) is 0.412. The van der Waals surface area contributed by atoms with Gasteiger partial charge in [-0.05, 0) is 6.07 Å². The van der Waals surface area contributed by atoms with Gasteiger partial charge >= 0.3 is 0 Å². The first-order valence-electron chi connectivity index (χ1n) is 2.30. The van der Waals surface area contributed by atoms with Crippen LogP contribution in [-0.2, 0) is 6.61 Å². The molecule has 0 bridgehead atoms. The molecule has 1 heterocycles. The molecule has 0 aliphatic carbocycles. The average Bonchev–Trinajstić information content (AvgIpc) is 1.90. The minimum Gasteiger partial charge on any atom is -0.388 e. The summed E-state index contributed by atoms with van der Waals surface area (Å²) in [6.45, 7) is -0.0825. The Balaban J connectivity index is 0.000000640. The minimum absolute atomic E-state index is 0. The van der Waals surface area contributed by atoms with Crippen molar-refractivity contribution in [2.45, 2.75) is 6.61 Å². The van der Waals surface area contributed by atoms with Crippen LogP contribution < -0.4 is 0 Å². The smallest absolute Gasteiger partial charge is 0.153 e. The number of aliphatic hydroxyl groups is 1. The van der Waals surface area contributed by atoms with Crippen molar-refractivity contribution in [3.8, 4) is 0 Å². The molecule has 1 rings (SSSR count). The Morgan fingerprint density at radius 2 is 1.89 bits per heavy atom. The van der Waals surface area contributed by atoms with Gasteiger partial charge in [0.15, 0.2) is 5.82 Å². The standard InChI is InChI=1S/C5H6N2O.Na/c8-4-5-6-2-1-3-7-5;/h1-3,8H,4H2;. The van der Waals surface area contributed by atoms with Crippen molar-refractivity contribution in [3.63, 3.8) is 0 Å². The van der Waals surface area contributed by atoms with Crippen LogP contribution in [0.2, 0.25) is 0 Å². The van der Waals surface area contributed by atoms with Crippen LogP contribution in [0.5, 0.6) is 0 Å². The van der Waals surface area contributed by atoms with Crippen molar-refractivity contribution in [1.82, 2.24) is 9.97 Å². The van der Waals surface area contributed by atoms with E-state index in [4.69, 9.17) is 5.11 Å². The maximum atomic E-state index is 8.41. The van der Waals surface area contributed by atoms with Crippen LogP contribution in [0.4, 0.5) is 0 Å². The van der Waals surface area contributed by atoms with Gasteiger partial charge < -0.3 is 5.11 Å². The third kappa shape index (κ3) is 2.91. The first-order valence-corrected chi connectivity index (χ1v) is 2.30. The van der Waals surface area contributed by atoms with Crippen LogP contribution in [0.15, 0.2) is 18.5 Å². The minimum atomic E-state index is -0.0825. The number of nitrogens with zero attached hydrogens (tertiary/aromatic N) is 2. The van der Waals surface area contributed by atoms with E-state index in [1.165, 1.54) is 0 Å². The molecule has 0 fully saturated rings. The van der Waals surface area contributed by atoms with Crippen molar-refractivity contribution in [2.75, 3.05) is 0 Å². The summed E-state index contributed by atoms with van der Waals surface area (Å²) in [6, 6.07) is 1.71. The third-order valence-electron chi connectivity index (χ3n) is 0.761. The van der Waals surface area contributed by atoms with Gasteiger partial charge in [-0.1, -0.05) is 0 Å². The summed E-state index contributed by atoms with van der Waals surface area (Å²) in [5, 5.41) is 8.41. The zero-order valence-corrected chi connectivity index (χ0v) is 7.28. The zero-order chi connectivity index (χ0) is 5.82. The van der Waals surface area contributed by atoms with E-state index < -0.39 is 0 Å². The van der Waals surface area contributed by atoms with Gasteiger partial charge in [0.05, 0.1) is 0 Å². The van der Waals surface area contributed by atoms with Gasteiger partial charge in [0.25, 0.3) is 0 Å². The first kappa shape index (κ1) is 9.04. The van der Waals surface area contributed by atoms with Crippen molar-refractivity contribution in [1.29, 1.82) is 0 Å². The second-order valence-corrected chi connectivity index (χ2v) is 1.32. The Hall–Kier alpha value is 0.0400. The third-order valence-corrected chi connectivity index (χ3v) is 0.761. The molecule has 0 amide bonds. The molecule has 1 aromatic rings. The summed E-state index contributed by atoms with van der Waals surface area (Å²) < 4.78 is 0. The number of hydrogen-bond acceptors (Lipinski definition) is 3. The molecule has 0 aliphatic rings. The van der Waals surface area contributed by atoms with Crippen LogP contribution >= 0.6 is 0 Å². The van der Waals surface area contributed by atoms with Crippen LogP contribution in [0, 0.1) is 0 Å². The number of hydrogen-bond donors (Lipinski definition) is 1. The van der Waals surface area contributed by atoms with Gasteiger partial charge in [-0.2, -0.15) is 0 Å². The van der Waals surface area contributed by atoms with Gasteiger partial charge in [0.2, 0.25) is 0 Å². The van der Waals surface area contributed by atoms with E-state index >= 15 is 0 Å². The topological polar surface area (TPSA) is 46.0 Å². The molecular weight excluding hydrogens is 127 g/mol. The van der Waals surface area contributed by atoms with Gasteiger partial charge in [-0.3, -0.25) is 0 Å². The quantitative estimate of drug-likeness (QED) is 0.529.